The topological polar surface area (TPSA) is 12.5 Å². The lowest BCUT2D eigenvalue weighted by Gasteiger charge is -2.17. The maximum atomic E-state index is 6.22. The maximum absolute atomic E-state index is 6.22. The van der Waals surface area contributed by atoms with Crippen LogP contribution in [-0.4, -0.2) is 31.6 Å². The van der Waals surface area contributed by atoms with Crippen molar-refractivity contribution in [2.24, 2.45) is 0 Å². The van der Waals surface area contributed by atoms with E-state index in [0.717, 1.165) is 19.4 Å². The van der Waals surface area contributed by atoms with Crippen LogP contribution in [0.4, 0.5) is 0 Å². The molecule has 0 aliphatic carbocycles. The summed E-state index contributed by atoms with van der Waals surface area (Å²) < 4.78 is 6.22. The van der Waals surface area contributed by atoms with Gasteiger partial charge >= 0.3 is 0 Å². The Morgan fingerprint density at radius 2 is 0.778 bits per heavy atom. The lowest BCUT2D eigenvalue weighted by atomic mass is 10.0. The van der Waals surface area contributed by atoms with Crippen molar-refractivity contribution in [1.29, 1.82) is 0 Å². The van der Waals surface area contributed by atoms with Crippen molar-refractivity contribution >= 4 is 0 Å². The molecule has 0 aromatic carbocycles. The molecule has 0 fully saturated rings. The second-order valence-electron chi connectivity index (χ2n) is 13.5. The van der Waals surface area contributed by atoms with Gasteiger partial charge in [-0.15, -0.1) is 0 Å². The molecule has 262 valence electrons. The van der Waals surface area contributed by atoms with Gasteiger partial charge < -0.3 is 9.64 Å². The van der Waals surface area contributed by atoms with Crippen LogP contribution >= 0.6 is 0 Å². The summed E-state index contributed by atoms with van der Waals surface area (Å²) in [4.78, 5) is 2.18. The Morgan fingerprint density at radius 1 is 0.422 bits per heavy atom. The highest BCUT2D eigenvalue weighted by Gasteiger charge is 2.08. The third-order valence-electron chi connectivity index (χ3n) is 8.54. The first-order valence-corrected chi connectivity index (χ1v) is 19.8. The molecule has 0 saturated heterocycles. The first kappa shape index (κ1) is 43.5. The largest absolute Gasteiger partial charge is 0.498 e. The maximum Gasteiger partial charge on any atom is 0.0978 e. The molecule has 0 rings (SSSR count). The molecule has 0 bridgehead atoms. The summed E-state index contributed by atoms with van der Waals surface area (Å²) in [7, 11) is 4.22. The smallest absolute Gasteiger partial charge is 0.0978 e. The SMILES string of the molecule is CCCCC/C=C\C/C=C\CCCCCCCCC(CCCCCCCCC/C=C/C/C=C\CCCCC)O/C=C/CN(C)C. The zero-order chi connectivity index (χ0) is 32.7. The summed E-state index contributed by atoms with van der Waals surface area (Å²) in [6, 6.07) is 0. The van der Waals surface area contributed by atoms with Crippen molar-refractivity contribution in [3.63, 3.8) is 0 Å². The van der Waals surface area contributed by atoms with Crippen LogP contribution in [0.5, 0.6) is 0 Å². The molecule has 2 nitrogen and oxygen atoms in total. The van der Waals surface area contributed by atoms with E-state index in [-0.39, 0.29) is 0 Å². The molecule has 0 N–H and O–H groups in total. The first-order chi connectivity index (χ1) is 22.2. The molecule has 2 heteroatoms. The van der Waals surface area contributed by atoms with Crippen molar-refractivity contribution in [3.05, 3.63) is 60.9 Å². The van der Waals surface area contributed by atoms with E-state index in [0.29, 0.717) is 6.10 Å². The summed E-state index contributed by atoms with van der Waals surface area (Å²) >= 11 is 0. The number of hydrogen-bond donors (Lipinski definition) is 0. The van der Waals surface area contributed by atoms with Crippen LogP contribution in [0.25, 0.3) is 0 Å². The number of allylic oxidation sites excluding steroid dienone is 8. The molecule has 0 aromatic rings. The van der Waals surface area contributed by atoms with Crippen LogP contribution in [0.3, 0.4) is 0 Å². The van der Waals surface area contributed by atoms with Gasteiger partial charge in [-0.05, 0) is 110 Å². The van der Waals surface area contributed by atoms with Gasteiger partial charge in [0.2, 0.25) is 0 Å². The van der Waals surface area contributed by atoms with Crippen molar-refractivity contribution in [3.8, 4) is 0 Å². The number of rotatable bonds is 35. The number of nitrogens with zero attached hydrogens (tertiary/aromatic N) is 1. The van der Waals surface area contributed by atoms with Gasteiger partial charge in [0.05, 0.1) is 12.4 Å². The predicted octanol–water partition coefficient (Wildman–Crippen LogP) is 14.2. The number of ether oxygens (including phenoxy) is 1. The van der Waals surface area contributed by atoms with E-state index in [1.165, 1.54) is 161 Å². The first-order valence-electron chi connectivity index (χ1n) is 19.8. The Morgan fingerprint density at radius 3 is 1.16 bits per heavy atom. The van der Waals surface area contributed by atoms with Crippen molar-refractivity contribution in [2.75, 3.05) is 20.6 Å². The van der Waals surface area contributed by atoms with Crippen LogP contribution in [0, 0.1) is 0 Å². The molecule has 0 heterocycles. The van der Waals surface area contributed by atoms with E-state index in [1.807, 2.05) is 6.26 Å². The fourth-order valence-corrected chi connectivity index (χ4v) is 5.60. The van der Waals surface area contributed by atoms with Crippen molar-refractivity contribution in [2.45, 2.75) is 193 Å². The van der Waals surface area contributed by atoms with E-state index < -0.39 is 0 Å². The Balaban J connectivity index is 3.85. The Labute approximate surface area is 283 Å². The average Bonchev–Trinajstić information content (AvgIpc) is 3.03. The normalized spacial score (nSPS) is 13.3. The zero-order valence-corrected chi connectivity index (χ0v) is 31.0. The quantitative estimate of drug-likeness (QED) is 0.0395. The number of hydrogen-bond acceptors (Lipinski definition) is 2. The molecule has 0 aliphatic heterocycles. The van der Waals surface area contributed by atoms with Crippen LogP contribution in [-0.2, 0) is 4.74 Å². The summed E-state index contributed by atoms with van der Waals surface area (Å²) in [5, 5.41) is 0. The van der Waals surface area contributed by atoms with E-state index >= 15 is 0 Å². The monoisotopic (exact) mass is 626 g/mol. The van der Waals surface area contributed by atoms with Gasteiger partial charge in [0.1, 0.15) is 0 Å². The van der Waals surface area contributed by atoms with Gasteiger partial charge in [0.25, 0.3) is 0 Å². The Hall–Kier alpha value is -1.54. The van der Waals surface area contributed by atoms with Crippen LogP contribution in [0.2, 0.25) is 0 Å². The van der Waals surface area contributed by atoms with E-state index in [2.05, 4.69) is 87.5 Å². The van der Waals surface area contributed by atoms with Crippen LogP contribution in [0.15, 0.2) is 60.9 Å². The second kappa shape index (κ2) is 38.6. The minimum atomic E-state index is 0.396. The lowest BCUT2D eigenvalue weighted by Crippen LogP contribution is -2.12. The summed E-state index contributed by atoms with van der Waals surface area (Å²) in [6.45, 7) is 5.49. The molecule has 45 heavy (non-hydrogen) atoms. The van der Waals surface area contributed by atoms with Crippen LogP contribution in [0.1, 0.15) is 187 Å². The van der Waals surface area contributed by atoms with Gasteiger partial charge in [-0.25, -0.2) is 0 Å². The van der Waals surface area contributed by atoms with Gasteiger partial charge in [0.15, 0.2) is 0 Å². The zero-order valence-electron chi connectivity index (χ0n) is 31.0. The molecule has 0 amide bonds. The molecule has 0 radical (unpaired) electrons. The van der Waals surface area contributed by atoms with E-state index in [4.69, 9.17) is 4.74 Å². The van der Waals surface area contributed by atoms with Gasteiger partial charge in [-0.2, -0.15) is 0 Å². The third-order valence-corrected chi connectivity index (χ3v) is 8.54. The van der Waals surface area contributed by atoms with E-state index in [1.54, 1.807) is 0 Å². The molecule has 1 atom stereocenters. The second-order valence-corrected chi connectivity index (χ2v) is 13.5. The third kappa shape index (κ3) is 38.6. The van der Waals surface area contributed by atoms with Gasteiger partial charge in [-0.1, -0.05) is 146 Å². The summed E-state index contributed by atoms with van der Waals surface area (Å²) in [5.41, 5.74) is 0. The summed E-state index contributed by atoms with van der Waals surface area (Å²) in [6.07, 6.45) is 58.7. The minimum Gasteiger partial charge on any atom is -0.498 e. The molecular weight excluding hydrogens is 546 g/mol. The molecular formula is C43H79NO. The van der Waals surface area contributed by atoms with Gasteiger partial charge in [0, 0.05) is 6.54 Å². The standard InChI is InChI=1S/C43H79NO/c1-5-7-9-11-13-15-17-19-21-23-25-27-29-31-33-35-37-40-43(45-42-38-41-44(3)4)39-36-34-32-30-28-26-24-22-20-18-16-14-12-10-8-6-2/h13-16,19-22,38,42-43H,5-12,17-18,23-37,39-41H2,1-4H3/b15-13-,16-14-,21-19+,22-20-,42-38+. The molecule has 0 aromatic heterocycles. The highest BCUT2D eigenvalue weighted by Crippen LogP contribution is 2.18. The van der Waals surface area contributed by atoms with Crippen molar-refractivity contribution in [1.82, 2.24) is 4.90 Å². The predicted molar refractivity (Wildman–Crippen MR) is 205 cm³/mol. The fourth-order valence-electron chi connectivity index (χ4n) is 5.60. The fraction of sp³-hybridized carbons (Fsp3) is 0.767. The van der Waals surface area contributed by atoms with Crippen molar-refractivity contribution < 1.29 is 4.74 Å². The van der Waals surface area contributed by atoms with E-state index in [9.17, 15) is 0 Å². The van der Waals surface area contributed by atoms with Gasteiger partial charge in [-0.3, -0.25) is 0 Å². The number of unbranched alkanes of at least 4 members (excludes halogenated alkanes) is 19. The highest BCUT2D eigenvalue weighted by molar-refractivity contribution is 4.93. The molecule has 0 saturated carbocycles. The highest BCUT2D eigenvalue weighted by atomic mass is 16.5. The molecule has 0 aliphatic rings. The lowest BCUT2D eigenvalue weighted by molar-refractivity contribution is 0.120. The molecule has 1 unspecified atom stereocenters. The minimum absolute atomic E-state index is 0.396. The summed E-state index contributed by atoms with van der Waals surface area (Å²) in [5.74, 6) is 0. The molecule has 0 spiro atoms. The average molecular weight is 626 g/mol. The van der Waals surface area contributed by atoms with Crippen LogP contribution < -0.4 is 0 Å². The Kier molecular flexibility index (Phi) is 37.3. The number of likely N-dealkylation sites (N-methyl/N-ethyl adjacent to an activating group) is 1. The Bertz CT molecular complexity index is 701.